The van der Waals surface area contributed by atoms with Gasteiger partial charge in [-0.25, -0.2) is 15.0 Å². The van der Waals surface area contributed by atoms with Crippen molar-refractivity contribution in [2.75, 3.05) is 57.2 Å². The number of methoxy groups -OCH3 is 1. The van der Waals surface area contributed by atoms with Crippen LogP contribution in [0.1, 0.15) is 12.2 Å². The van der Waals surface area contributed by atoms with Crippen LogP contribution in [0.25, 0.3) is 0 Å². The summed E-state index contributed by atoms with van der Waals surface area (Å²) in [5, 5.41) is 10.2. The Labute approximate surface area is 165 Å². The topological polar surface area (TPSA) is 82.8 Å². The normalized spacial score (nSPS) is 24.1. The van der Waals surface area contributed by atoms with Gasteiger partial charge in [0.25, 0.3) is 0 Å². The first-order valence-corrected chi connectivity index (χ1v) is 9.61. The lowest BCUT2D eigenvalue weighted by Gasteiger charge is -2.48. The molecule has 2 aliphatic heterocycles. The Kier molecular flexibility index (Phi) is 4.98. The fourth-order valence-corrected chi connectivity index (χ4v) is 4.33. The highest BCUT2D eigenvalue weighted by molar-refractivity contribution is 5.54. The molecule has 2 saturated heterocycles. The van der Waals surface area contributed by atoms with Crippen molar-refractivity contribution in [2.24, 2.45) is 7.05 Å². The monoisotopic (exact) mass is 387 g/mol. The summed E-state index contributed by atoms with van der Waals surface area (Å²) in [6, 6.07) is 2.26. The summed E-state index contributed by atoms with van der Waals surface area (Å²) in [5.74, 6) is 2.66. The van der Waals surface area contributed by atoms with Gasteiger partial charge in [0, 0.05) is 51.7 Å². The molecule has 0 bridgehead atoms. The molecule has 0 aliphatic carbocycles. The zero-order valence-electron chi connectivity index (χ0n) is 17.0. The molecule has 4 heterocycles. The van der Waals surface area contributed by atoms with Gasteiger partial charge in [-0.2, -0.15) is 0 Å². The molecule has 4 rings (SSSR count). The number of hydrogen-bond donors (Lipinski definition) is 1. The van der Waals surface area contributed by atoms with Crippen molar-refractivity contribution in [2.45, 2.75) is 24.2 Å². The van der Waals surface area contributed by atoms with Crippen LogP contribution < -0.4 is 9.80 Å². The van der Waals surface area contributed by atoms with Crippen LogP contribution in [0.4, 0.5) is 11.6 Å². The summed E-state index contributed by atoms with van der Waals surface area (Å²) in [7, 11) is 7.82. The minimum Gasteiger partial charge on any atom is -0.391 e. The van der Waals surface area contributed by atoms with Gasteiger partial charge in [-0.1, -0.05) is 0 Å². The van der Waals surface area contributed by atoms with Gasteiger partial charge < -0.3 is 29.1 Å². The van der Waals surface area contributed by atoms with Gasteiger partial charge >= 0.3 is 0 Å². The zero-order chi connectivity index (χ0) is 19.9. The molecule has 0 saturated carbocycles. The smallest absolute Gasteiger partial charge is 0.160 e. The summed E-state index contributed by atoms with van der Waals surface area (Å²) >= 11 is 0. The van der Waals surface area contributed by atoms with Crippen LogP contribution in [-0.2, 0) is 17.4 Å². The summed E-state index contributed by atoms with van der Waals surface area (Å²) in [6.45, 7) is 2.86. The van der Waals surface area contributed by atoms with E-state index in [-0.39, 0.29) is 12.1 Å². The number of aliphatic hydroxyl groups excluding tert-OH is 1. The highest BCUT2D eigenvalue weighted by Crippen LogP contribution is 2.37. The van der Waals surface area contributed by atoms with Crippen molar-refractivity contribution in [1.29, 1.82) is 0 Å². The Bertz CT molecular complexity index is 818. The molecule has 0 amide bonds. The standard InChI is InChI=1S/C19H29N7O2/c1-23(2)9-14-7-15(27)10-26(14)17-8-16(21-13-22-17)25-11-19(12-25,28-4)18-20-5-6-24(18)3/h5-6,8,13-15,27H,7,9-12H2,1-4H3/t14-,15-/m1/s1. The molecule has 0 radical (unpaired) electrons. The lowest BCUT2D eigenvalue weighted by molar-refractivity contribution is -0.0476. The number of likely N-dealkylation sites (N-methyl/N-ethyl adjacent to an activating group) is 1. The summed E-state index contributed by atoms with van der Waals surface area (Å²) in [5.41, 5.74) is -0.416. The van der Waals surface area contributed by atoms with Gasteiger partial charge in [0.15, 0.2) is 5.60 Å². The maximum Gasteiger partial charge on any atom is 0.160 e. The number of anilines is 2. The molecule has 2 fully saturated rings. The van der Waals surface area contributed by atoms with Crippen LogP contribution >= 0.6 is 0 Å². The molecule has 0 aromatic carbocycles. The van der Waals surface area contributed by atoms with Crippen LogP contribution in [-0.4, -0.2) is 89.1 Å². The first-order valence-electron chi connectivity index (χ1n) is 9.61. The van der Waals surface area contributed by atoms with E-state index < -0.39 is 5.60 Å². The quantitative estimate of drug-likeness (QED) is 0.746. The first-order chi connectivity index (χ1) is 13.4. The average Bonchev–Trinajstić information content (AvgIpc) is 3.20. The summed E-state index contributed by atoms with van der Waals surface area (Å²) in [6.07, 6.45) is 5.77. The third-order valence-electron chi connectivity index (χ3n) is 5.74. The van der Waals surface area contributed by atoms with Crippen LogP contribution in [0.15, 0.2) is 24.8 Å². The fraction of sp³-hybridized carbons (Fsp3) is 0.632. The summed E-state index contributed by atoms with van der Waals surface area (Å²) in [4.78, 5) is 19.9. The number of rotatable bonds is 6. The van der Waals surface area contributed by atoms with Crippen LogP contribution in [0.3, 0.4) is 0 Å². The predicted molar refractivity (Wildman–Crippen MR) is 106 cm³/mol. The molecule has 2 aliphatic rings. The number of aliphatic hydroxyl groups is 1. The van der Waals surface area contributed by atoms with Gasteiger partial charge in [-0.15, -0.1) is 0 Å². The van der Waals surface area contributed by atoms with E-state index >= 15 is 0 Å². The number of nitrogens with zero attached hydrogens (tertiary/aromatic N) is 7. The molecule has 28 heavy (non-hydrogen) atoms. The van der Waals surface area contributed by atoms with Gasteiger partial charge in [0.2, 0.25) is 0 Å². The van der Waals surface area contributed by atoms with Gasteiger partial charge in [-0.3, -0.25) is 0 Å². The van der Waals surface area contributed by atoms with Gasteiger partial charge in [-0.05, 0) is 20.5 Å². The third kappa shape index (κ3) is 3.34. The van der Waals surface area contributed by atoms with Gasteiger partial charge in [0.1, 0.15) is 23.8 Å². The molecule has 1 N–H and O–H groups in total. The lowest BCUT2D eigenvalue weighted by Crippen LogP contribution is -2.62. The lowest BCUT2D eigenvalue weighted by atomic mass is 9.92. The van der Waals surface area contributed by atoms with Crippen molar-refractivity contribution in [3.63, 3.8) is 0 Å². The van der Waals surface area contributed by atoms with Crippen molar-refractivity contribution >= 4 is 11.6 Å². The summed E-state index contributed by atoms with van der Waals surface area (Å²) < 4.78 is 7.84. The Morgan fingerprint density at radius 3 is 2.64 bits per heavy atom. The van der Waals surface area contributed by atoms with E-state index in [9.17, 15) is 5.11 Å². The number of ether oxygens (including phenoxy) is 1. The molecule has 9 heteroatoms. The highest BCUT2D eigenvalue weighted by atomic mass is 16.5. The van der Waals surface area contributed by atoms with E-state index in [2.05, 4.69) is 43.7 Å². The van der Waals surface area contributed by atoms with Crippen molar-refractivity contribution in [3.8, 4) is 0 Å². The van der Waals surface area contributed by atoms with Crippen LogP contribution in [0.5, 0.6) is 0 Å². The number of β-amino-alcohol motifs (C(OH)–C–C–N with tert-alkyl or cyclic N) is 1. The second-order valence-electron chi connectivity index (χ2n) is 8.11. The first kappa shape index (κ1) is 19.1. The maximum atomic E-state index is 10.2. The molecule has 0 unspecified atom stereocenters. The molecule has 2 aromatic heterocycles. The van der Waals surface area contributed by atoms with E-state index in [1.165, 1.54) is 0 Å². The number of aromatic nitrogens is 4. The SMILES string of the molecule is COC1(c2nccn2C)CN(c2cc(N3C[C@H](O)C[C@@H]3CN(C)C)ncn2)C1. The Hall–Kier alpha value is -2.23. The number of imidazole rings is 1. The average molecular weight is 387 g/mol. The number of aryl methyl sites for hydroxylation is 1. The molecular formula is C19H29N7O2. The zero-order valence-corrected chi connectivity index (χ0v) is 17.0. The Morgan fingerprint density at radius 2 is 2.00 bits per heavy atom. The minimum atomic E-state index is -0.416. The van der Waals surface area contributed by atoms with Crippen LogP contribution in [0.2, 0.25) is 0 Å². The number of hydrogen-bond acceptors (Lipinski definition) is 8. The minimum absolute atomic E-state index is 0.245. The third-order valence-corrected chi connectivity index (χ3v) is 5.74. The second-order valence-corrected chi connectivity index (χ2v) is 8.11. The van der Waals surface area contributed by atoms with E-state index in [1.54, 1.807) is 19.6 Å². The van der Waals surface area contributed by atoms with Crippen LogP contribution in [0, 0.1) is 0 Å². The van der Waals surface area contributed by atoms with Crippen molar-refractivity contribution < 1.29 is 9.84 Å². The van der Waals surface area contributed by atoms with Crippen molar-refractivity contribution in [3.05, 3.63) is 30.6 Å². The van der Waals surface area contributed by atoms with E-state index in [1.807, 2.05) is 23.9 Å². The highest BCUT2D eigenvalue weighted by Gasteiger charge is 2.48. The Balaban J connectivity index is 1.52. The molecule has 0 spiro atoms. The molecule has 2 aromatic rings. The Morgan fingerprint density at radius 1 is 1.25 bits per heavy atom. The maximum absolute atomic E-state index is 10.2. The fourth-order valence-electron chi connectivity index (χ4n) is 4.33. The largest absolute Gasteiger partial charge is 0.391 e. The van der Waals surface area contributed by atoms with E-state index in [0.717, 1.165) is 30.4 Å². The van der Waals surface area contributed by atoms with Crippen molar-refractivity contribution in [1.82, 2.24) is 24.4 Å². The van der Waals surface area contributed by atoms with E-state index in [4.69, 9.17) is 4.74 Å². The molecule has 152 valence electrons. The van der Waals surface area contributed by atoms with Gasteiger partial charge in [0.05, 0.1) is 19.2 Å². The molecule has 9 nitrogen and oxygen atoms in total. The molecular weight excluding hydrogens is 358 g/mol. The predicted octanol–water partition coefficient (Wildman–Crippen LogP) is 0.0732. The molecule has 2 atom stereocenters. The second kappa shape index (κ2) is 7.31. The van der Waals surface area contributed by atoms with E-state index in [0.29, 0.717) is 19.6 Å².